The number of carbonyl (C=O) groups is 2. The molecule has 3 aromatic rings. The van der Waals surface area contributed by atoms with E-state index in [2.05, 4.69) is 29.0 Å². The quantitative estimate of drug-likeness (QED) is 0.314. The van der Waals surface area contributed by atoms with Crippen LogP contribution in [0.1, 0.15) is 58.7 Å². The zero-order valence-electron chi connectivity index (χ0n) is 21.2. The van der Waals surface area contributed by atoms with Crippen molar-refractivity contribution in [1.82, 2.24) is 19.7 Å². The highest BCUT2D eigenvalue weighted by Crippen LogP contribution is 2.34. The molecule has 0 saturated carbocycles. The normalized spacial score (nSPS) is 15.2. The number of nitrogens with one attached hydrogen (secondary N) is 1. The maximum atomic E-state index is 13.3. The van der Waals surface area contributed by atoms with Crippen LogP contribution in [0.4, 0.5) is 5.69 Å². The minimum absolute atomic E-state index is 0.00731. The third-order valence-electron chi connectivity index (χ3n) is 6.47. The van der Waals surface area contributed by atoms with Crippen LogP contribution in [-0.2, 0) is 17.8 Å². The molecular weight excluding hydrogens is 470 g/mol. The maximum Gasteiger partial charge on any atom is 0.254 e. The summed E-state index contributed by atoms with van der Waals surface area (Å²) >= 11 is 1.35. The van der Waals surface area contributed by atoms with Crippen molar-refractivity contribution in [3.8, 4) is 0 Å². The molecule has 1 saturated heterocycles. The van der Waals surface area contributed by atoms with Crippen molar-refractivity contribution in [3.05, 3.63) is 83.2 Å². The lowest BCUT2D eigenvalue weighted by molar-refractivity contribution is -0.113. The Hall–Kier alpha value is -3.39. The Bertz CT molecular complexity index is 1270. The van der Waals surface area contributed by atoms with Crippen molar-refractivity contribution < 1.29 is 9.59 Å². The average molecular weight is 504 g/mol. The molecule has 2 heterocycles. The summed E-state index contributed by atoms with van der Waals surface area (Å²) in [6, 6.07) is 13.6. The molecule has 0 bridgehead atoms. The molecule has 4 rings (SSSR count). The van der Waals surface area contributed by atoms with Crippen LogP contribution in [0.15, 0.2) is 60.3 Å². The van der Waals surface area contributed by atoms with Crippen molar-refractivity contribution in [2.45, 2.75) is 57.8 Å². The number of nitrogens with zero attached hydrogens (tertiary/aromatic N) is 4. The highest BCUT2D eigenvalue weighted by Gasteiger charge is 2.34. The van der Waals surface area contributed by atoms with Gasteiger partial charge in [-0.3, -0.25) is 9.59 Å². The summed E-state index contributed by atoms with van der Waals surface area (Å²) in [6.45, 7) is 11.1. The topological polar surface area (TPSA) is 80.1 Å². The molecule has 8 heteroatoms. The number of aryl methyl sites for hydroxylation is 3. The standard InChI is InChI=1S/C28H33N5O2S/c1-5-15-33-26(23-14-9-16-32(23)27(35)22-13-7-10-19(3)17-22)30-31-28(33)36-18-24(34)29-25-20(4)11-8-12-21(25)6-2/h5,7-8,10-13,17,23H,1,6,9,14-16,18H2,2-4H3,(H,29,34). The molecule has 1 aliphatic heterocycles. The predicted molar refractivity (Wildman–Crippen MR) is 144 cm³/mol. The fraction of sp³-hybridized carbons (Fsp3) is 0.357. The van der Waals surface area contributed by atoms with E-state index in [0.717, 1.165) is 47.5 Å². The lowest BCUT2D eigenvalue weighted by Gasteiger charge is -2.25. The zero-order chi connectivity index (χ0) is 25.7. The van der Waals surface area contributed by atoms with Crippen LogP contribution in [0.25, 0.3) is 0 Å². The van der Waals surface area contributed by atoms with Crippen LogP contribution in [0.2, 0.25) is 0 Å². The molecule has 2 amide bonds. The first-order valence-electron chi connectivity index (χ1n) is 12.4. The Morgan fingerprint density at radius 1 is 1.19 bits per heavy atom. The molecule has 0 radical (unpaired) electrons. The largest absolute Gasteiger partial charge is 0.328 e. The van der Waals surface area contributed by atoms with E-state index in [4.69, 9.17) is 0 Å². The van der Waals surface area contributed by atoms with Crippen LogP contribution < -0.4 is 5.32 Å². The monoisotopic (exact) mass is 503 g/mol. The summed E-state index contributed by atoms with van der Waals surface area (Å²) in [7, 11) is 0. The Balaban J connectivity index is 1.50. The van der Waals surface area contributed by atoms with Gasteiger partial charge in [0.15, 0.2) is 11.0 Å². The number of carbonyl (C=O) groups excluding carboxylic acids is 2. The first-order valence-corrected chi connectivity index (χ1v) is 13.3. The summed E-state index contributed by atoms with van der Waals surface area (Å²) in [4.78, 5) is 28.0. The smallest absolute Gasteiger partial charge is 0.254 e. The summed E-state index contributed by atoms with van der Waals surface area (Å²) in [5.41, 5.74) is 4.79. The summed E-state index contributed by atoms with van der Waals surface area (Å²) < 4.78 is 1.97. The Labute approximate surface area is 217 Å². The van der Waals surface area contributed by atoms with E-state index in [-0.39, 0.29) is 23.6 Å². The second-order valence-corrected chi connectivity index (χ2v) is 10.0. The van der Waals surface area contributed by atoms with E-state index in [1.165, 1.54) is 11.8 Å². The van der Waals surface area contributed by atoms with Gasteiger partial charge in [0.25, 0.3) is 5.91 Å². The number of hydrogen-bond acceptors (Lipinski definition) is 5. The van der Waals surface area contributed by atoms with Crippen LogP contribution in [-0.4, -0.2) is 43.8 Å². The zero-order valence-corrected chi connectivity index (χ0v) is 22.0. The van der Waals surface area contributed by atoms with Gasteiger partial charge in [-0.05, 0) is 56.4 Å². The molecule has 0 spiro atoms. The number of para-hydroxylation sites is 1. The van der Waals surface area contributed by atoms with Gasteiger partial charge < -0.3 is 14.8 Å². The molecule has 188 valence electrons. The highest BCUT2D eigenvalue weighted by molar-refractivity contribution is 7.99. The van der Waals surface area contributed by atoms with Crippen LogP contribution in [0.3, 0.4) is 0 Å². The number of hydrogen-bond donors (Lipinski definition) is 1. The number of thioether (sulfide) groups is 1. The first kappa shape index (κ1) is 25.7. The first-order chi connectivity index (χ1) is 17.4. The van der Waals surface area contributed by atoms with E-state index >= 15 is 0 Å². The number of allylic oxidation sites excluding steroid dienone is 1. The predicted octanol–water partition coefficient (Wildman–Crippen LogP) is 5.35. The average Bonchev–Trinajstić information content (AvgIpc) is 3.51. The summed E-state index contributed by atoms with van der Waals surface area (Å²) in [6.07, 6.45) is 4.37. The Morgan fingerprint density at radius 2 is 2.00 bits per heavy atom. The van der Waals surface area contributed by atoms with Crippen LogP contribution in [0, 0.1) is 13.8 Å². The van der Waals surface area contributed by atoms with Crippen molar-refractivity contribution in [1.29, 1.82) is 0 Å². The lowest BCUT2D eigenvalue weighted by Crippen LogP contribution is -2.32. The number of aromatic nitrogens is 3. The minimum Gasteiger partial charge on any atom is -0.328 e. The van der Waals surface area contributed by atoms with Gasteiger partial charge in [-0.15, -0.1) is 16.8 Å². The maximum absolute atomic E-state index is 13.3. The summed E-state index contributed by atoms with van der Waals surface area (Å²) in [5.74, 6) is 0.871. The fourth-order valence-electron chi connectivity index (χ4n) is 4.68. The van der Waals surface area contributed by atoms with E-state index < -0.39 is 0 Å². The van der Waals surface area contributed by atoms with Gasteiger partial charge in [0, 0.05) is 24.3 Å². The number of anilines is 1. The number of rotatable bonds is 9. The second-order valence-electron chi connectivity index (χ2n) is 9.07. The van der Waals surface area contributed by atoms with E-state index in [1.54, 1.807) is 6.08 Å². The third kappa shape index (κ3) is 5.54. The van der Waals surface area contributed by atoms with Gasteiger partial charge in [0.1, 0.15) is 0 Å². The molecule has 1 unspecified atom stereocenters. The molecule has 1 aromatic heterocycles. The second kappa shape index (κ2) is 11.6. The Morgan fingerprint density at radius 3 is 2.75 bits per heavy atom. The lowest BCUT2D eigenvalue weighted by atomic mass is 10.1. The number of amides is 2. The van der Waals surface area contributed by atoms with Gasteiger partial charge in [0.2, 0.25) is 5.91 Å². The SMILES string of the molecule is C=CCn1c(SCC(=O)Nc2c(C)cccc2CC)nnc1C1CCCN1C(=O)c1cccc(C)c1. The molecule has 36 heavy (non-hydrogen) atoms. The van der Waals surface area contributed by atoms with Crippen molar-refractivity contribution in [2.75, 3.05) is 17.6 Å². The van der Waals surface area contributed by atoms with Gasteiger partial charge in [-0.1, -0.05) is 60.7 Å². The van der Waals surface area contributed by atoms with E-state index in [1.807, 2.05) is 65.8 Å². The molecule has 2 aromatic carbocycles. The third-order valence-corrected chi connectivity index (χ3v) is 7.44. The van der Waals surface area contributed by atoms with Crippen molar-refractivity contribution in [3.63, 3.8) is 0 Å². The van der Waals surface area contributed by atoms with Crippen LogP contribution in [0.5, 0.6) is 0 Å². The van der Waals surface area contributed by atoms with E-state index in [9.17, 15) is 9.59 Å². The van der Waals surface area contributed by atoms with Gasteiger partial charge in [-0.2, -0.15) is 0 Å². The van der Waals surface area contributed by atoms with Crippen molar-refractivity contribution in [2.24, 2.45) is 0 Å². The highest BCUT2D eigenvalue weighted by atomic mass is 32.2. The molecule has 1 aliphatic rings. The van der Waals surface area contributed by atoms with Gasteiger partial charge in [0.05, 0.1) is 11.8 Å². The number of likely N-dealkylation sites (tertiary alicyclic amines) is 1. The van der Waals surface area contributed by atoms with Crippen molar-refractivity contribution >= 4 is 29.3 Å². The van der Waals surface area contributed by atoms with E-state index in [0.29, 0.717) is 23.8 Å². The Kier molecular flexibility index (Phi) is 8.25. The summed E-state index contributed by atoms with van der Waals surface area (Å²) in [5, 5.41) is 12.6. The molecule has 1 fully saturated rings. The molecule has 1 N–H and O–H groups in total. The molecular formula is C28H33N5O2S. The molecule has 1 atom stereocenters. The minimum atomic E-state index is -0.160. The van der Waals surface area contributed by atoms with Gasteiger partial charge >= 0.3 is 0 Å². The fourth-order valence-corrected chi connectivity index (χ4v) is 5.44. The number of benzene rings is 2. The van der Waals surface area contributed by atoms with Gasteiger partial charge in [-0.25, -0.2) is 0 Å². The van der Waals surface area contributed by atoms with Crippen LogP contribution >= 0.6 is 11.8 Å². The molecule has 7 nitrogen and oxygen atoms in total. The molecule has 0 aliphatic carbocycles.